The molecule has 1 heterocycles. The molecule has 0 bridgehead atoms. The quantitative estimate of drug-likeness (QED) is 0.848. The van der Waals surface area contributed by atoms with Gasteiger partial charge in [0.25, 0.3) is 0 Å². The summed E-state index contributed by atoms with van der Waals surface area (Å²) in [6.45, 7) is 5.13. The molecule has 1 aromatic heterocycles. The Morgan fingerprint density at radius 3 is 2.57 bits per heavy atom. The summed E-state index contributed by atoms with van der Waals surface area (Å²) in [4.78, 5) is 4.45. The highest BCUT2D eigenvalue weighted by molar-refractivity contribution is 6.30. The zero-order valence-electron chi connectivity index (χ0n) is 12.6. The normalized spacial score (nSPS) is 11.8. The molecular formula is C16H22ClN3O. The van der Waals surface area contributed by atoms with Crippen LogP contribution >= 0.6 is 11.6 Å². The average Bonchev–Trinajstić information content (AvgIpc) is 2.87. The van der Waals surface area contributed by atoms with E-state index in [4.69, 9.17) is 21.9 Å². The first-order valence-electron chi connectivity index (χ1n) is 7.24. The van der Waals surface area contributed by atoms with Crippen LogP contribution in [0.1, 0.15) is 44.0 Å². The fraction of sp³-hybridized carbons (Fsp3) is 0.500. The molecule has 2 rings (SSSR count). The minimum atomic E-state index is 0.208. The van der Waals surface area contributed by atoms with Gasteiger partial charge in [0.2, 0.25) is 5.89 Å². The summed E-state index contributed by atoms with van der Waals surface area (Å²) in [5, 5.41) is 4.77. The standard InChI is InChI=1S/C16H22ClN3O/c1-16(2,9-10-18)8-7-15-19-14(20-21-15)11-12-3-5-13(17)6-4-12/h3-6H,7-11,18H2,1-2H3. The van der Waals surface area contributed by atoms with Gasteiger partial charge in [0, 0.05) is 17.9 Å². The van der Waals surface area contributed by atoms with Crippen LogP contribution in [0.4, 0.5) is 0 Å². The first-order chi connectivity index (χ1) is 9.98. The fourth-order valence-corrected chi connectivity index (χ4v) is 2.34. The lowest BCUT2D eigenvalue weighted by Gasteiger charge is -2.22. The SMILES string of the molecule is CC(C)(CCN)CCc1nc(Cc2ccc(Cl)cc2)no1. The van der Waals surface area contributed by atoms with Crippen molar-refractivity contribution in [1.29, 1.82) is 0 Å². The molecule has 0 spiro atoms. The fourth-order valence-electron chi connectivity index (χ4n) is 2.21. The molecule has 0 radical (unpaired) electrons. The van der Waals surface area contributed by atoms with Crippen LogP contribution in [0.15, 0.2) is 28.8 Å². The maximum Gasteiger partial charge on any atom is 0.226 e. The van der Waals surface area contributed by atoms with Crippen LogP contribution in [0, 0.1) is 5.41 Å². The van der Waals surface area contributed by atoms with E-state index in [2.05, 4.69) is 24.0 Å². The lowest BCUT2D eigenvalue weighted by Crippen LogP contribution is -2.17. The average molecular weight is 308 g/mol. The highest BCUT2D eigenvalue weighted by Gasteiger charge is 2.18. The Morgan fingerprint density at radius 1 is 1.19 bits per heavy atom. The summed E-state index contributed by atoms with van der Waals surface area (Å²) in [5.74, 6) is 1.41. The summed E-state index contributed by atoms with van der Waals surface area (Å²) in [6.07, 6.45) is 3.44. The Balaban J connectivity index is 1.91. The van der Waals surface area contributed by atoms with Crippen LogP contribution in [-0.2, 0) is 12.8 Å². The van der Waals surface area contributed by atoms with Gasteiger partial charge in [-0.05, 0) is 42.5 Å². The minimum Gasteiger partial charge on any atom is -0.339 e. The van der Waals surface area contributed by atoms with Crippen LogP contribution in [0.3, 0.4) is 0 Å². The largest absolute Gasteiger partial charge is 0.339 e. The smallest absolute Gasteiger partial charge is 0.226 e. The summed E-state index contributed by atoms with van der Waals surface area (Å²) in [7, 11) is 0. The van der Waals surface area contributed by atoms with Gasteiger partial charge in [0.05, 0.1) is 0 Å². The number of benzene rings is 1. The zero-order chi connectivity index (χ0) is 15.3. The minimum absolute atomic E-state index is 0.208. The third-order valence-corrected chi connectivity index (χ3v) is 3.87. The van der Waals surface area contributed by atoms with Gasteiger partial charge in [-0.2, -0.15) is 4.98 Å². The molecule has 0 saturated carbocycles. The highest BCUT2D eigenvalue weighted by Crippen LogP contribution is 2.26. The molecule has 2 N–H and O–H groups in total. The number of hydrogen-bond donors (Lipinski definition) is 1. The lowest BCUT2D eigenvalue weighted by molar-refractivity contribution is 0.289. The van der Waals surface area contributed by atoms with Crippen LogP contribution in [0.2, 0.25) is 5.02 Å². The number of hydrogen-bond acceptors (Lipinski definition) is 4. The van der Waals surface area contributed by atoms with Crippen molar-refractivity contribution in [3.8, 4) is 0 Å². The first kappa shape index (κ1) is 16.0. The van der Waals surface area contributed by atoms with Crippen LogP contribution in [-0.4, -0.2) is 16.7 Å². The Morgan fingerprint density at radius 2 is 1.90 bits per heavy atom. The van der Waals surface area contributed by atoms with E-state index in [1.165, 1.54) is 0 Å². The number of aromatic nitrogens is 2. The molecule has 0 amide bonds. The second-order valence-corrected chi connectivity index (χ2v) is 6.55. The zero-order valence-corrected chi connectivity index (χ0v) is 13.4. The van der Waals surface area contributed by atoms with Gasteiger partial charge in [0.15, 0.2) is 5.82 Å². The number of nitrogens with two attached hydrogens (primary N) is 1. The number of aryl methyl sites for hydroxylation is 1. The highest BCUT2D eigenvalue weighted by atomic mass is 35.5. The third kappa shape index (κ3) is 5.14. The molecule has 0 saturated heterocycles. The van der Waals surface area contributed by atoms with Crippen molar-refractivity contribution < 1.29 is 4.52 Å². The van der Waals surface area contributed by atoms with Gasteiger partial charge in [-0.15, -0.1) is 0 Å². The maximum atomic E-state index is 5.87. The molecule has 114 valence electrons. The van der Waals surface area contributed by atoms with E-state index in [1.54, 1.807) is 0 Å². The van der Waals surface area contributed by atoms with E-state index < -0.39 is 0 Å². The summed E-state index contributed by atoms with van der Waals surface area (Å²) in [5.41, 5.74) is 6.95. The van der Waals surface area contributed by atoms with E-state index in [0.717, 1.165) is 29.8 Å². The van der Waals surface area contributed by atoms with E-state index in [0.29, 0.717) is 24.7 Å². The Labute approximate surface area is 130 Å². The predicted molar refractivity (Wildman–Crippen MR) is 84.3 cm³/mol. The summed E-state index contributed by atoms with van der Waals surface area (Å²) < 4.78 is 5.32. The molecule has 0 aliphatic rings. The van der Waals surface area contributed by atoms with Gasteiger partial charge >= 0.3 is 0 Å². The molecule has 0 aliphatic heterocycles. The van der Waals surface area contributed by atoms with Crippen LogP contribution in [0.25, 0.3) is 0 Å². The van der Waals surface area contributed by atoms with Gasteiger partial charge in [-0.3, -0.25) is 0 Å². The molecule has 0 unspecified atom stereocenters. The molecule has 0 fully saturated rings. The first-order valence-corrected chi connectivity index (χ1v) is 7.62. The van der Waals surface area contributed by atoms with Crippen LogP contribution in [0.5, 0.6) is 0 Å². The second-order valence-electron chi connectivity index (χ2n) is 6.11. The van der Waals surface area contributed by atoms with Crippen molar-refractivity contribution in [1.82, 2.24) is 10.1 Å². The van der Waals surface area contributed by atoms with E-state index >= 15 is 0 Å². The molecule has 0 aliphatic carbocycles. The molecule has 0 atom stereocenters. The van der Waals surface area contributed by atoms with E-state index in [9.17, 15) is 0 Å². The van der Waals surface area contributed by atoms with E-state index in [-0.39, 0.29) is 5.41 Å². The molecule has 21 heavy (non-hydrogen) atoms. The summed E-state index contributed by atoms with van der Waals surface area (Å²) >= 11 is 5.87. The van der Waals surface area contributed by atoms with Crippen molar-refractivity contribution in [2.75, 3.05) is 6.54 Å². The monoisotopic (exact) mass is 307 g/mol. The Hall–Kier alpha value is -1.39. The Kier molecular flexibility index (Phi) is 5.37. The van der Waals surface area contributed by atoms with Crippen molar-refractivity contribution in [3.63, 3.8) is 0 Å². The third-order valence-electron chi connectivity index (χ3n) is 3.62. The molecule has 4 nitrogen and oxygen atoms in total. The topological polar surface area (TPSA) is 64.9 Å². The van der Waals surface area contributed by atoms with Gasteiger partial charge in [-0.25, -0.2) is 0 Å². The predicted octanol–water partition coefficient (Wildman–Crippen LogP) is 3.62. The van der Waals surface area contributed by atoms with Gasteiger partial charge < -0.3 is 10.3 Å². The second kappa shape index (κ2) is 7.05. The van der Waals surface area contributed by atoms with Crippen molar-refractivity contribution in [2.24, 2.45) is 11.1 Å². The van der Waals surface area contributed by atoms with E-state index in [1.807, 2.05) is 24.3 Å². The maximum absolute atomic E-state index is 5.87. The number of halogens is 1. The van der Waals surface area contributed by atoms with Crippen molar-refractivity contribution in [2.45, 2.75) is 39.5 Å². The van der Waals surface area contributed by atoms with Gasteiger partial charge in [-0.1, -0.05) is 42.7 Å². The molecule has 5 heteroatoms. The van der Waals surface area contributed by atoms with Crippen LogP contribution < -0.4 is 5.73 Å². The molecule has 2 aromatic rings. The molecule has 1 aromatic carbocycles. The van der Waals surface area contributed by atoms with Crippen molar-refractivity contribution in [3.05, 3.63) is 46.6 Å². The lowest BCUT2D eigenvalue weighted by atomic mass is 9.84. The van der Waals surface area contributed by atoms with Crippen molar-refractivity contribution >= 4 is 11.6 Å². The Bertz CT molecular complexity index is 563. The molecular weight excluding hydrogens is 286 g/mol. The summed E-state index contributed by atoms with van der Waals surface area (Å²) in [6, 6.07) is 7.69. The van der Waals surface area contributed by atoms with Gasteiger partial charge in [0.1, 0.15) is 0 Å². The number of rotatable bonds is 7. The number of nitrogens with zero attached hydrogens (tertiary/aromatic N) is 2.